The highest BCUT2D eigenvalue weighted by Gasteiger charge is 2.10. The zero-order valence-corrected chi connectivity index (χ0v) is 12.4. The van der Waals surface area contributed by atoms with Gasteiger partial charge in [-0.3, -0.25) is 4.79 Å². The van der Waals surface area contributed by atoms with Crippen molar-refractivity contribution in [2.24, 2.45) is 0 Å². The maximum absolute atomic E-state index is 11.8. The first-order chi connectivity index (χ1) is 8.54. The van der Waals surface area contributed by atoms with Crippen molar-refractivity contribution in [1.82, 2.24) is 4.90 Å². The lowest BCUT2D eigenvalue weighted by Crippen LogP contribution is -2.29. The maximum atomic E-state index is 11.8. The lowest BCUT2D eigenvalue weighted by molar-refractivity contribution is -0.127. The zero-order chi connectivity index (χ0) is 13.5. The second kappa shape index (κ2) is 7.29. The molecule has 1 amide bonds. The number of nitrogen functional groups attached to an aromatic ring is 1. The SMILES string of the molecule is CN(CCC#N)C(=O)CSc1ccc(N)cc1Br. The molecule has 0 saturated carbocycles. The van der Waals surface area contributed by atoms with Crippen LogP contribution in [-0.4, -0.2) is 30.2 Å². The van der Waals surface area contributed by atoms with E-state index in [1.54, 1.807) is 18.0 Å². The number of halogens is 1. The van der Waals surface area contributed by atoms with Gasteiger partial charge < -0.3 is 10.6 Å². The van der Waals surface area contributed by atoms with Crippen molar-refractivity contribution in [3.8, 4) is 6.07 Å². The predicted molar refractivity (Wildman–Crippen MR) is 77.1 cm³/mol. The van der Waals surface area contributed by atoms with Gasteiger partial charge in [-0.1, -0.05) is 0 Å². The molecule has 0 heterocycles. The van der Waals surface area contributed by atoms with E-state index in [1.807, 2.05) is 18.2 Å². The summed E-state index contributed by atoms with van der Waals surface area (Å²) in [6.45, 7) is 0.471. The number of rotatable bonds is 5. The summed E-state index contributed by atoms with van der Waals surface area (Å²) in [5, 5.41) is 8.46. The largest absolute Gasteiger partial charge is 0.399 e. The quantitative estimate of drug-likeness (QED) is 0.666. The highest BCUT2D eigenvalue weighted by molar-refractivity contribution is 9.10. The molecule has 0 aliphatic carbocycles. The summed E-state index contributed by atoms with van der Waals surface area (Å²) >= 11 is 4.86. The van der Waals surface area contributed by atoms with Gasteiger partial charge in [0.15, 0.2) is 0 Å². The van der Waals surface area contributed by atoms with Crippen molar-refractivity contribution in [3.63, 3.8) is 0 Å². The van der Waals surface area contributed by atoms with Gasteiger partial charge in [-0.15, -0.1) is 11.8 Å². The third-order valence-corrected chi connectivity index (χ3v) is 4.27. The van der Waals surface area contributed by atoms with Gasteiger partial charge in [-0.05, 0) is 34.1 Å². The van der Waals surface area contributed by atoms with Crippen molar-refractivity contribution < 1.29 is 4.79 Å². The highest BCUT2D eigenvalue weighted by atomic mass is 79.9. The van der Waals surface area contributed by atoms with Gasteiger partial charge in [-0.25, -0.2) is 0 Å². The van der Waals surface area contributed by atoms with Crippen molar-refractivity contribution in [2.75, 3.05) is 25.1 Å². The first-order valence-corrected chi connectivity index (χ1v) is 7.11. The fourth-order valence-corrected chi connectivity index (χ4v) is 2.83. The van der Waals surface area contributed by atoms with E-state index < -0.39 is 0 Å². The van der Waals surface area contributed by atoms with Crippen LogP contribution < -0.4 is 5.73 Å². The summed E-state index contributed by atoms with van der Waals surface area (Å²) in [6.07, 6.45) is 0.360. The molecule has 0 aliphatic heterocycles. The molecule has 0 atom stereocenters. The van der Waals surface area contributed by atoms with Crippen molar-refractivity contribution in [1.29, 1.82) is 5.26 Å². The lowest BCUT2D eigenvalue weighted by atomic mass is 10.3. The monoisotopic (exact) mass is 327 g/mol. The van der Waals surface area contributed by atoms with Gasteiger partial charge in [0.25, 0.3) is 0 Å². The normalized spacial score (nSPS) is 9.83. The molecule has 0 saturated heterocycles. The average Bonchev–Trinajstić information content (AvgIpc) is 2.34. The Labute approximate surface area is 119 Å². The van der Waals surface area contributed by atoms with Crippen LogP contribution in [0.15, 0.2) is 27.6 Å². The Kier molecular flexibility index (Phi) is 6.02. The molecule has 0 bridgehead atoms. The minimum Gasteiger partial charge on any atom is -0.399 e. The Morgan fingerprint density at radius 3 is 2.94 bits per heavy atom. The van der Waals surface area contributed by atoms with Crippen LogP contribution in [0.3, 0.4) is 0 Å². The van der Waals surface area contributed by atoms with E-state index >= 15 is 0 Å². The summed E-state index contributed by atoms with van der Waals surface area (Å²) in [6, 6.07) is 7.52. The van der Waals surface area contributed by atoms with Crippen LogP contribution in [0.1, 0.15) is 6.42 Å². The van der Waals surface area contributed by atoms with Gasteiger partial charge >= 0.3 is 0 Å². The number of anilines is 1. The summed E-state index contributed by atoms with van der Waals surface area (Å²) in [5.41, 5.74) is 6.33. The molecule has 0 fully saturated rings. The van der Waals surface area contributed by atoms with E-state index in [1.165, 1.54) is 11.8 Å². The van der Waals surface area contributed by atoms with Crippen LogP contribution in [0.2, 0.25) is 0 Å². The number of thioether (sulfide) groups is 1. The predicted octanol–water partition coefficient (Wildman–Crippen LogP) is 2.50. The van der Waals surface area contributed by atoms with E-state index in [-0.39, 0.29) is 5.91 Å². The van der Waals surface area contributed by atoms with Crippen LogP contribution in [0.4, 0.5) is 5.69 Å². The summed E-state index contributed by atoms with van der Waals surface area (Å²) in [7, 11) is 1.71. The molecule has 18 heavy (non-hydrogen) atoms. The van der Waals surface area contributed by atoms with Crippen LogP contribution in [0, 0.1) is 11.3 Å². The number of nitrogens with zero attached hydrogens (tertiary/aromatic N) is 2. The van der Waals surface area contributed by atoms with E-state index in [0.29, 0.717) is 24.4 Å². The van der Waals surface area contributed by atoms with Crippen LogP contribution in [0.25, 0.3) is 0 Å². The Morgan fingerprint density at radius 2 is 2.33 bits per heavy atom. The fraction of sp³-hybridized carbons (Fsp3) is 0.333. The van der Waals surface area contributed by atoms with Crippen LogP contribution in [-0.2, 0) is 4.79 Å². The van der Waals surface area contributed by atoms with Gasteiger partial charge in [-0.2, -0.15) is 5.26 Å². The number of hydrogen-bond donors (Lipinski definition) is 1. The maximum Gasteiger partial charge on any atom is 0.232 e. The Morgan fingerprint density at radius 1 is 1.61 bits per heavy atom. The third-order valence-electron chi connectivity index (χ3n) is 2.29. The first-order valence-electron chi connectivity index (χ1n) is 5.33. The van der Waals surface area contributed by atoms with E-state index in [0.717, 1.165) is 9.37 Å². The van der Waals surface area contributed by atoms with Gasteiger partial charge in [0, 0.05) is 28.6 Å². The molecule has 0 radical (unpaired) electrons. The second-order valence-corrected chi connectivity index (χ2v) is 5.57. The smallest absolute Gasteiger partial charge is 0.232 e. The minimum atomic E-state index is 0.0129. The number of carbonyl (C=O) groups is 1. The number of nitrogens with two attached hydrogens (primary N) is 1. The molecular weight excluding hydrogens is 314 g/mol. The zero-order valence-electron chi connectivity index (χ0n) is 10.0. The highest BCUT2D eigenvalue weighted by Crippen LogP contribution is 2.29. The van der Waals surface area contributed by atoms with Crippen molar-refractivity contribution in [2.45, 2.75) is 11.3 Å². The van der Waals surface area contributed by atoms with Gasteiger partial charge in [0.2, 0.25) is 5.91 Å². The van der Waals surface area contributed by atoms with E-state index in [2.05, 4.69) is 15.9 Å². The summed E-state index contributed by atoms with van der Waals surface area (Å²) in [4.78, 5) is 14.3. The number of amides is 1. The summed E-state index contributed by atoms with van der Waals surface area (Å²) < 4.78 is 0.889. The third kappa shape index (κ3) is 4.59. The van der Waals surface area contributed by atoms with Crippen molar-refractivity contribution in [3.05, 3.63) is 22.7 Å². The van der Waals surface area contributed by atoms with E-state index in [9.17, 15) is 4.79 Å². The van der Waals surface area contributed by atoms with Crippen LogP contribution in [0.5, 0.6) is 0 Å². The molecule has 0 aliphatic rings. The van der Waals surface area contributed by atoms with E-state index in [4.69, 9.17) is 11.0 Å². The molecule has 0 spiro atoms. The Hall–Kier alpha value is -1.19. The van der Waals surface area contributed by atoms with Crippen LogP contribution >= 0.6 is 27.7 Å². The number of benzene rings is 1. The molecule has 0 aromatic heterocycles. The number of hydrogen-bond acceptors (Lipinski definition) is 4. The second-order valence-electron chi connectivity index (χ2n) is 3.70. The number of nitriles is 1. The molecule has 1 rings (SSSR count). The molecular formula is C12H14BrN3OS. The molecule has 0 unspecified atom stereocenters. The molecule has 6 heteroatoms. The molecule has 96 valence electrons. The minimum absolute atomic E-state index is 0.0129. The number of carbonyl (C=O) groups excluding carboxylic acids is 1. The molecule has 2 N–H and O–H groups in total. The average molecular weight is 328 g/mol. The van der Waals surface area contributed by atoms with Gasteiger partial charge in [0.1, 0.15) is 0 Å². The first kappa shape index (κ1) is 14.9. The molecule has 1 aromatic carbocycles. The van der Waals surface area contributed by atoms with Crippen molar-refractivity contribution >= 4 is 39.3 Å². The lowest BCUT2D eigenvalue weighted by Gasteiger charge is -2.15. The Balaban J connectivity index is 2.50. The fourth-order valence-electron chi connectivity index (χ4n) is 1.23. The van der Waals surface area contributed by atoms with Gasteiger partial charge in [0.05, 0.1) is 18.2 Å². The molecule has 1 aromatic rings. The topological polar surface area (TPSA) is 70.1 Å². The standard InChI is InChI=1S/C12H14BrN3OS/c1-16(6-2-5-14)12(17)8-18-11-4-3-9(15)7-10(11)13/h3-4,7H,2,6,8,15H2,1H3. The Bertz CT molecular complexity index is 473. The summed E-state index contributed by atoms with van der Waals surface area (Å²) in [5.74, 6) is 0.365. The molecule has 4 nitrogen and oxygen atoms in total.